The van der Waals surface area contributed by atoms with Crippen LogP contribution in [0.2, 0.25) is 0 Å². The average molecular weight is 271 g/mol. The van der Waals surface area contributed by atoms with Crippen molar-refractivity contribution < 1.29 is 24.2 Å². The summed E-state index contributed by atoms with van der Waals surface area (Å²) in [5, 5.41) is 11.5. The van der Waals surface area contributed by atoms with Crippen LogP contribution in [0.1, 0.15) is 46.5 Å². The minimum atomic E-state index is -1.13. The Hall–Kier alpha value is -1.59. The molecule has 0 aromatic heterocycles. The minimum Gasteiger partial charge on any atom is -0.480 e. The lowest BCUT2D eigenvalue weighted by atomic mass is 9.83. The Bertz CT molecular complexity index is 372. The fourth-order valence-corrected chi connectivity index (χ4v) is 2.16. The molecule has 0 heterocycles. The van der Waals surface area contributed by atoms with Gasteiger partial charge >= 0.3 is 12.1 Å². The summed E-state index contributed by atoms with van der Waals surface area (Å²) in [5.41, 5.74) is -0.685. The van der Waals surface area contributed by atoms with E-state index in [0.717, 1.165) is 0 Å². The van der Waals surface area contributed by atoms with Crippen LogP contribution in [-0.4, -0.2) is 34.6 Å². The maximum atomic E-state index is 11.6. The summed E-state index contributed by atoms with van der Waals surface area (Å²) in [7, 11) is 0. The number of alkyl carbamates (subject to hydrolysis) is 1. The number of ether oxygens (including phenoxy) is 1. The second-order valence-corrected chi connectivity index (χ2v) is 5.86. The lowest BCUT2D eigenvalue weighted by Gasteiger charge is -2.28. The van der Waals surface area contributed by atoms with E-state index in [9.17, 15) is 19.5 Å². The molecule has 2 N–H and O–H groups in total. The van der Waals surface area contributed by atoms with E-state index in [-0.39, 0.29) is 18.1 Å². The number of hydrogen-bond donors (Lipinski definition) is 2. The normalized spacial score (nSPS) is 21.6. The number of amides is 1. The highest BCUT2D eigenvalue weighted by atomic mass is 16.6. The van der Waals surface area contributed by atoms with E-state index in [1.165, 1.54) is 0 Å². The monoisotopic (exact) mass is 271 g/mol. The van der Waals surface area contributed by atoms with Gasteiger partial charge in [0.15, 0.2) is 0 Å². The summed E-state index contributed by atoms with van der Waals surface area (Å²) in [6.07, 6.45) is 1.22. The summed E-state index contributed by atoms with van der Waals surface area (Å²) in [6, 6.07) is -1.07. The van der Waals surface area contributed by atoms with Gasteiger partial charge in [0, 0.05) is 12.8 Å². The Morgan fingerprint density at radius 2 is 2.05 bits per heavy atom. The largest absolute Gasteiger partial charge is 0.480 e. The van der Waals surface area contributed by atoms with Crippen molar-refractivity contribution in [3.05, 3.63) is 0 Å². The molecule has 1 aliphatic carbocycles. The van der Waals surface area contributed by atoms with Gasteiger partial charge in [-0.2, -0.15) is 0 Å². The molecule has 1 aliphatic rings. The molecule has 0 aromatic carbocycles. The highest BCUT2D eigenvalue weighted by Crippen LogP contribution is 2.24. The number of ketones is 1. The molecule has 0 aliphatic heterocycles. The maximum absolute atomic E-state index is 11.6. The predicted molar refractivity (Wildman–Crippen MR) is 67.8 cm³/mol. The van der Waals surface area contributed by atoms with Crippen molar-refractivity contribution in [2.45, 2.75) is 58.1 Å². The molecule has 6 nitrogen and oxygen atoms in total. The summed E-state index contributed by atoms with van der Waals surface area (Å²) >= 11 is 0. The average Bonchev–Trinajstić information content (AvgIpc) is 2.23. The van der Waals surface area contributed by atoms with E-state index < -0.39 is 23.7 Å². The van der Waals surface area contributed by atoms with Crippen molar-refractivity contribution in [3.63, 3.8) is 0 Å². The number of carboxylic acid groups (broad SMARTS) is 1. The van der Waals surface area contributed by atoms with Gasteiger partial charge in [0.25, 0.3) is 0 Å². The lowest BCUT2D eigenvalue weighted by molar-refractivity contribution is -0.141. The van der Waals surface area contributed by atoms with Crippen molar-refractivity contribution in [1.29, 1.82) is 0 Å². The third-order valence-corrected chi connectivity index (χ3v) is 2.93. The van der Waals surface area contributed by atoms with Crippen LogP contribution in [0.3, 0.4) is 0 Å². The van der Waals surface area contributed by atoms with Crippen LogP contribution in [0.5, 0.6) is 0 Å². The number of carbonyl (C=O) groups is 3. The lowest BCUT2D eigenvalue weighted by Crippen LogP contribution is -2.48. The third-order valence-electron chi connectivity index (χ3n) is 2.93. The predicted octanol–water partition coefficient (Wildman–Crippen LogP) is 1.72. The van der Waals surface area contributed by atoms with Crippen LogP contribution in [0.15, 0.2) is 0 Å². The maximum Gasteiger partial charge on any atom is 0.408 e. The Morgan fingerprint density at radius 3 is 2.53 bits per heavy atom. The molecule has 1 amide bonds. The van der Waals surface area contributed by atoms with Crippen molar-refractivity contribution >= 4 is 17.8 Å². The molecule has 1 saturated carbocycles. The Morgan fingerprint density at radius 1 is 1.42 bits per heavy atom. The Balaban J connectivity index is 2.65. The van der Waals surface area contributed by atoms with Gasteiger partial charge in [0.05, 0.1) is 0 Å². The second kappa shape index (κ2) is 6.04. The number of carboxylic acids is 1. The minimum absolute atomic E-state index is 0.0495. The van der Waals surface area contributed by atoms with Gasteiger partial charge in [0.2, 0.25) is 0 Å². The molecule has 6 heteroatoms. The smallest absolute Gasteiger partial charge is 0.408 e. The van der Waals surface area contributed by atoms with E-state index in [1.807, 2.05) is 0 Å². The molecule has 108 valence electrons. The zero-order valence-electron chi connectivity index (χ0n) is 11.6. The van der Waals surface area contributed by atoms with Crippen LogP contribution in [0.25, 0.3) is 0 Å². The molecule has 1 unspecified atom stereocenters. The molecule has 0 saturated heterocycles. The molecule has 1 fully saturated rings. The SMILES string of the molecule is CC(C)(C)OC(=O)N[C@H](C(=O)O)C1CCCC(=O)C1. The first kappa shape index (κ1) is 15.5. The molecular formula is C13H21NO5. The van der Waals surface area contributed by atoms with Gasteiger partial charge in [0.1, 0.15) is 17.4 Å². The molecule has 0 spiro atoms. The second-order valence-electron chi connectivity index (χ2n) is 5.86. The topological polar surface area (TPSA) is 92.7 Å². The van der Waals surface area contributed by atoms with E-state index in [4.69, 9.17) is 4.74 Å². The van der Waals surface area contributed by atoms with Gasteiger partial charge in [-0.25, -0.2) is 9.59 Å². The first-order chi connectivity index (χ1) is 8.69. The molecule has 19 heavy (non-hydrogen) atoms. The number of Topliss-reactive ketones (excluding diaryl/α,β-unsaturated/α-hetero) is 1. The summed E-state index contributed by atoms with van der Waals surface area (Å²) in [5.74, 6) is -1.44. The highest BCUT2D eigenvalue weighted by Gasteiger charge is 2.34. The van der Waals surface area contributed by atoms with E-state index >= 15 is 0 Å². The zero-order chi connectivity index (χ0) is 14.6. The summed E-state index contributed by atoms with van der Waals surface area (Å²) < 4.78 is 5.04. The van der Waals surface area contributed by atoms with Crippen molar-refractivity contribution in [2.24, 2.45) is 5.92 Å². The fourth-order valence-electron chi connectivity index (χ4n) is 2.16. The van der Waals surface area contributed by atoms with Gasteiger partial charge in [-0.15, -0.1) is 0 Å². The number of hydrogen-bond acceptors (Lipinski definition) is 4. The van der Waals surface area contributed by atoms with E-state index in [2.05, 4.69) is 5.32 Å². The van der Waals surface area contributed by atoms with Crippen LogP contribution < -0.4 is 5.32 Å². The first-order valence-corrected chi connectivity index (χ1v) is 6.43. The standard InChI is InChI=1S/C13H21NO5/c1-13(2,3)19-12(18)14-10(11(16)17)8-5-4-6-9(15)7-8/h8,10H,4-7H2,1-3H3,(H,14,18)(H,16,17)/t8?,10-/m0/s1. The van der Waals surface area contributed by atoms with Crippen LogP contribution >= 0.6 is 0 Å². The number of carbonyl (C=O) groups excluding carboxylic acids is 2. The van der Waals surface area contributed by atoms with Crippen molar-refractivity contribution in [2.75, 3.05) is 0 Å². The van der Waals surface area contributed by atoms with Crippen molar-refractivity contribution in [3.8, 4) is 0 Å². The first-order valence-electron chi connectivity index (χ1n) is 6.43. The van der Waals surface area contributed by atoms with Gasteiger partial charge in [-0.1, -0.05) is 0 Å². The van der Waals surface area contributed by atoms with Gasteiger partial charge in [-0.05, 0) is 39.5 Å². The number of rotatable bonds is 3. The van der Waals surface area contributed by atoms with E-state index in [1.54, 1.807) is 20.8 Å². The molecule has 2 atom stereocenters. The van der Waals surface area contributed by atoms with E-state index in [0.29, 0.717) is 19.3 Å². The summed E-state index contributed by atoms with van der Waals surface area (Å²) in [6.45, 7) is 5.10. The molecule has 0 radical (unpaired) electrons. The molecular weight excluding hydrogens is 250 g/mol. The molecule has 0 aromatic rings. The molecule has 0 bridgehead atoms. The third kappa shape index (κ3) is 5.28. The van der Waals surface area contributed by atoms with Crippen LogP contribution in [0, 0.1) is 5.92 Å². The van der Waals surface area contributed by atoms with Gasteiger partial charge < -0.3 is 15.2 Å². The van der Waals surface area contributed by atoms with Crippen molar-refractivity contribution in [1.82, 2.24) is 5.32 Å². The van der Waals surface area contributed by atoms with Gasteiger partial charge in [-0.3, -0.25) is 4.79 Å². The highest BCUT2D eigenvalue weighted by molar-refractivity contribution is 5.83. The Kier molecular flexibility index (Phi) is 4.91. The Labute approximate surface area is 112 Å². The zero-order valence-corrected chi connectivity index (χ0v) is 11.6. The van der Waals surface area contributed by atoms with Crippen LogP contribution in [-0.2, 0) is 14.3 Å². The fraction of sp³-hybridized carbons (Fsp3) is 0.769. The quantitative estimate of drug-likeness (QED) is 0.815. The number of aliphatic carboxylic acids is 1. The molecule has 1 rings (SSSR count). The summed E-state index contributed by atoms with van der Waals surface area (Å²) in [4.78, 5) is 34.2. The van der Waals surface area contributed by atoms with Crippen LogP contribution in [0.4, 0.5) is 4.79 Å². The number of nitrogens with one attached hydrogen (secondary N) is 1.